The number of hydrogen-bond donors (Lipinski definition) is 3. The number of fused-ring (bicyclic) bond motifs is 7. The lowest BCUT2D eigenvalue weighted by atomic mass is 9.70. The second-order valence-electron chi connectivity index (χ2n) is 14.2. The van der Waals surface area contributed by atoms with Crippen LogP contribution in [0.2, 0.25) is 0 Å². The predicted octanol–water partition coefficient (Wildman–Crippen LogP) is 8.55. The van der Waals surface area contributed by atoms with Gasteiger partial charge in [-0.1, -0.05) is 66.7 Å². The van der Waals surface area contributed by atoms with Crippen LogP contribution >= 0.6 is 21.6 Å². The molecule has 0 amide bonds. The van der Waals surface area contributed by atoms with E-state index in [1.807, 2.05) is 35.1 Å². The molecule has 260 valence electrons. The fourth-order valence-electron chi connectivity index (χ4n) is 7.97. The molecule has 7 rings (SSSR count). The molecule has 4 bridgehead atoms. The van der Waals surface area contributed by atoms with E-state index in [0.717, 1.165) is 65.7 Å². The van der Waals surface area contributed by atoms with Crippen molar-refractivity contribution in [2.45, 2.75) is 88.6 Å². The normalized spacial score (nSPS) is 25.4. The second-order valence-corrected chi connectivity index (χ2v) is 16.9. The summed E-state index contributed by atoms with van der Waals surface area (Å²) in [5.74, 6) is 11.0. The van der Waals surface area contributed by atoms with Gasteiger partial charge < -0.3 is 34.3 Å². The van der Waals surface area contributed by atoms with E-state index in [1.54, 1.807) is 24.0 Å². The van der Waals surface area contributed by atoms with Gasteiger partial charge in [-0.15, -0.1) is 0 Å². The Labute approximate surface area is 297 Å². The van der Waals surface area contributed by atoms with Crippen LogP contribution in [0.1, 0.15) is 92.2 Å². The Morgan fingerprint density at radius 3 is 2.61 bits per heavy atom. The molecule has 0 radical (unpaired) electrons. The molecular weight excluding hydrogens is 657 g/mol. The third-order valence-electron chi connectivity index (χ3n) is 10.6. The van der Waals surface area contributed by atoms with Crippen LogP contribution in [0.5, 0.6) is 34.5 Å². The third-order valence-corrected chi connectivity index (χ3v) is 13.3. The van der Waals surface area contributed by atoms with E-state index in [9.17, 15) is 15.3 Å². The monoisotopic (exact) mass is 702 g/mol. The lowest BCUT2D eigenvalue weighted by molar-refractivity contribution is 0.000917. The third kappa shape index (κ3) is 6.30. The van der Waals surface area contributed by atoms with Crippen molar-refractivity contribution in [1.82, 2.24) is 0 Å². The van der Waals surface area contributed by atoms with E-state index in [0.29, 0.717) is 59.0 Å². The van der Waals surface area contributed by atoms with Gasteiger partial charge >= 0.3 is 0 Å². The summed E-state index contributed by atoms with van der Waals surface area (Å²) in [6.45, 7) is 7.03. The van der Waals surface area contributed by atoms with Gasteiger partial charge in [0.2, 0.25) is 5.75 Å². The zero-order valence-corrected chi connectivity index (χ0v) is 30.5. The quantitative estimate of drug-likeness (QED) is 0.172. The summed E-state index contributed by atoms with van der Waals surface area (Å²) in [4.78, 5) is 0. The first-order chi connectivity index (χ1) is 23.7. The Balaban J connectivity index is 1.45. The van der Waals surface area contributed by atoms with E-state index in [4.69, 9.17) is 18.9 Å². The topological polar surface area (TPSA) is 97.6 Å². The number of hydrogen-bond acceptors (Lipinski definition) is 9. The molecular formula is C40H46O7S2. The molecule has 0 aromatic heterocycles. The van der Waals surface area contributed by atoms with Gasteiger partial charge in [0.1, 0.15) is 23.4 Å². The number of rotatable bonds is 6. The maximum atomic E-state index is 12.6. The summed E-state index contributed by atoms with van der Waals surface area (Å²) >= 11 is 0. The first kappa shape index (κ1) is 34.1. The van der Waals surface area contributed by atoms with Gasteiger partial charge in [-0.05, 0) is 78.3 Å². The summed E-state index contributed by atoms with van der Waals surface area (Å²) in [5.41, 5.74) is 6.71. The average molecular weight is 703 g/mol. The molecule has 2 heterocycles. The molecule has 6 atom stereocenters. The molecule has 0 saturated heterocycles. The van der Waals surface area contributed by atoms with Crippen LogP contribution in [0.25, 0.3) is 11.1 Å². The van der Waals surface area contributed by atoms with Gasteiger partial charge in [0.05, 0.1) is 26.1 Å². The van der Waals surface area contributed by atoms with Crippen LogP contribution in [-0.4, -0.2) is 53.3 Å². The molecule has 0 saturated carbocycles. The predicted molar refractivity (Wildman–Crippen MR) is 197 cm³/mol. The van der Waals surface area contributed by atoms with Crippen LogP contribution in [0.4, 0.5) is 0 Å². The van der Waals surface area contributed by atoms with Crippen LogP contribution in [-0.2, 0) is 12.8 Å². The molecule has 3 N–H and O–H groups in total. The molecule has 0 unspecified atom stereocenters. The molecule has 9 heteroatoms. The molecule has 4 aliphatic rings. The summed E-state index contributed by atoms with van der Waals surface area (Å²) in [6.07, 6.45) is 3.36. The average Bonchev–Trinajstić information content (AvgIpc) is 3.11. The van der Waals surface area contributed by atoms with Gasteiger partial charge in [-0.25, -0.2) is 0 Å². The lowest BCUT2D eigenvalue weighted by Gasteiger charge is -2.42. The van der Waals surface area contributed by atoms with E-state index < -0.39 is 12.2 Å². The lowest BCUT2D eigenvalue weighted by Crippen LogP contribution is -2.40. The summed E-state index contributed by atoms with van der Waals surface area (Å²) in [6, 6.07) is 9.46. The number of aliphatic hydroxyl groups excluding tert-OH is 1. The van der Waals surface area contributed by atoms with Crippen molar-refractivity contribution in [3.63, 3.8) is 0 Å². The Hall–Kier alpha value is -3.32. The SMILES string of the molecule is COc1cc2c3c4c1-c1ccc(O)cc1[C@@H](CC[C@@H](C)CCSS[C@H]1C#CCc5c(cc(OCCC(C)C)c(O)c5OC)[C@H](O2)[C@H](O)[C@@H]31)C4. The van der Waals surface area contributed by atoms with E-state index >= 15 is 0 Å². The number of aromatic hydroxyl groups is 2. The molecule has 3 aromatic rings. The molecule has 2 aliphatic heterocycles. The van der Waals surface area contributed by atoms with Crippen molar-refractivity contribution in [1.29, 1.82) is 0 Å². The summed E-state index contributed by atoms with van der Waals surface area (Å²) < 4.78 is 25.0. The van der Waals surface area contributed by atoms with Crippen LogP contribution in [0.15, 0.2) is 30.3 Å². The van der Waals surface area contributed by atoms with Crippen LogP contribution in [0, 0.1) is 23.7 Å². The second kappa shape index (κ2) is 14.1. The highest BCUT2D eigenvalue weighted by Gasteiger charge is 2.47. The highest BCUT2D eigenvalue weighted by Crippen LogP contribution is 2.58. The Bertz CT molecular complexity index is 1790. The standard InChI is InChI=1S/C40H46O7S2/c1-21(2)13-15-46-32-19-28-26(39(45-5)37(32)42)7-6-8-33-36-35-29-17-23(10-9-22(3)14-16-48-49-33)27-18-24(41)11-12-25(27)34(29)30(44-4)20-31(35)47-40(28)38(36)43/h11-12,18-23,33,36,38,40-43H,7,9-10,13-17H2,1-5H3/t22-,23+,33+,36-,38-,40+/m1/s1. The minimum absolute atomic E-state index is 0.0650. The van der Waals surface area contributed by atoms with Crippen molar-refractivity contribution >= 4 is 21.6 Å². The first-order valence-electron chi connectivity index (χ1n) is 17.4. The number of phenols is 2. The van der Waals surface area contributed by atoms with Gasteiger partial charge in [0, 0.05) is 46.4 Å². The van der Waals surface area contributed by atoms with Gasteiger partial charge in [-0.3, -0.25) is 0 Å². The van der Waals surface area contributed by atoms with Crippen molar-refractivity contribution in [3.8, 4) is 57.5 Å². The fraction of sp³-hybridized carbons (Fsp3) is 0.500. The molecule has 2 aliphatic carbocycles. The number of ether oxygens (including phenoxy) is 4. The Morgan fingerprint density at radius 2 is 1.84 bits per heavy atom. The van der Waals surface area contributed by atoms with E-state index in [1.165, 1.54) is 7.11 Å². The van der Waals surface area contributed by atoms with Crippen molar-refractivity contribution in [3.05, 3.63) is 58.1 Å². The fourth-order valence-corrected chi connectivity index (χ4v) is 10.8. The Kier molecular flexibility index (Phi) is 9.84. The highest BCUT2D eigenvalue weighted by molar-refractivity contribution is 8.77. The zero-order chi connectivity index (χ0) is 34.4. The molecule has 0 fully saturated rings. The maximum absolute atomic E-state index is 12.6. The minimum atomic E-state index is -0.948. The largest absolute Gasteiger partial charge is 0.508 e. The van der Waals surface area contributed by atoms with Gasteiger partial charge in [-0.2, -0.15) is 0 Å². The first-order valence-corrected chi connectivity index (χ1v) is 19.8. The minimum Gasteiger partial charge on any atom is -0.508 e. The summed E-state index contributed by atoms with van der Waals surface area (Å²) in [7, 11) is 6.80. The van der Waals surface area contributed by atoms with E-state index in [-0.39, 0.29) is 28.6 Å². The number of aliphatic hydroxyl groups is 1. The number of phenolic OH excluding ortho intramolecular Hbond substituents is 2. The number of benzene rings is 3. The smallest absolute Gasteiger partial charge is 0.201 e. The molecule has 3 aromatic carbocycles. The number of methoxy groups -OCH3 is 2. The van der Waals surface area contributed by atoms with Crippen molar-refractivity contribution < 1.29 is 34.3 Å². The van der Waals surface area contributed by atoms with Gasteiger partial charge in [0.15, 0.2) is 17.6 Å². The molecule has 49 heavy (non-hydrogen) atoms. The van der Waals surface area contributed by atoms with Gasteiger partial charge in [0.25, 0.3) is 0 Å². The zero-order valence-electron chi connectivity index (χ0n) is 28.9. The maximum Gasteiger partial charge on any atom is 0.201 e. The molecule has 0 spiro atoms. The van der Waals surface area contributed by atoms with E-state index in [2.05, 4.69) is 32.6 Å². The Morgan fingerprint density at radius 1 is 1.00 bits per heavy atom. The molecule has 7 nitrogen and oxygen atoms in total. The summed E-state index contributed by atoms with van der Waals surface area (Å²) in [5, 5.41) is 34.3. The van der Waals surface area contributed by atoms with Crippen molar-refractivity contribution in [2.24, 2.45) is 11.8 Å². The van der Waals surface area contributed by atoms with Crippen LogP contribution < -0.4 is 18.9 Å². The highest BCUT2D eigenvalue weighted by atomic mass is 33.1. The van der Waals surface area contributed by atoms with Crippen LogP contribution in [0.3, 0.4) is 0 Å². The van der Waals surface area contributed by atoms with Crippen molar-refractivity contribution in [2.75, 3.05) is 26.6 Å².